The van der Waals surface area contributed by atoms with Crippen molar-refractivity contribution >= 4 is 55.1 Å². The Morgan fingerprint density at radius 3 is 2.30 bits per heavy atom. The number of sulfonamides is 1. The molecule has 8 nitrogen and oxygen atoms in total. The molecule has 0 heterocycles. The first-order chi connectivity index (χ1) is 20.5. The summed E-state index contributed by atoms with van der Waals surface area (Å²) in [7, 11) is -2.84. The second-order valence-corrected chi connectivity index (χ2v) is 14.0. The first kappa shape index (κ1) is 32.8. The fourth-order valence-electron chi connectivity index (χ4n) is 5.15. The summed E-state index contributed by atoms with van der Waals surface area (Å²) in [4.78, 5) is 29.1. The number of amides is 2. The van der Waals surface area contributed by atoms with Crippen LogP contribution in [0.4, 0.5) is 5.69 Å². The van der Waals surface area contributed by atoms with Gasteiger partial charge in [-0.2, -0.15) is 0 Å². The van der Waals surface area contributed by atoms with Crippen molar-refractivity contribution in [1.29, 1.82) is 0 Å². The molecule has 1 N–H and O–H groups in total. The molecule has 2 amide bonds. The Hall–Kier alpha value is -3.08. The summed E-state index contributed by atoms with van der Waals surface area (Å²) < 4.78 is 35.6. The highest BCUT2D eigenvalue weighted by Crippen LogP contribution is 2.35. The lowest BCUT2D eigenvalue weighted by atomic mass is 9.95. The van der Waals surface area contributed by atoms with E-state index in [4.69, 9.17) is 16.3 Å². The number of aryl methyl sites for hydroxylation is 1. The number of hydrogen-bond donors (Lipinski definition) is 1. The lowest BCUT2D eigenvalue weighted by Crippen LogP contribution is -2.53. The minimum absolute atomic E-state index is 0.00970. The summed E-state index contributed by atoms with van der Waals surface area (Å²) in [6, 6.07) is 17.6. The number of methoxy groups -OCH3 is 1. The van der Waals surface area contributed by atoms with Crippen LogP contribution < -0.4 is 14.4 Å². The SMILES string of the molecule is COc1ccc(Cl)cc1N(CC(=O)N(Cc1ccc(Br)cc1)[C@H](C)C(=O)NC1CCCCC1)S(=O)(=O)c1ccc(C)cc1. The van der Waals surface area contributed by atoms with E-state index in [2.05, 4.69) is 21.2 Å². The number of halogens is 2. The Balaban J connectivity index is 1.72. The molecular weight excluding hydrogens is 654 g/mol. The number of carbonyl (C=O) groups excluding carboxylic acids is 2. The molecule has 4 rings (SSSR count). The standard InChI is InChI=1S/C32H37BrClN3O5S/c1-22-9-16-28(17-10-22)43(40,41)37(29-19-26(34)15-18-30(29)42-3)21-31(38)36(20-24-11-13-25(33)14-12-24)23(2)32(39)35-27-7-5-4-6-8-27/h9-19,23,27H,4-8,20-21H2,1-3H3,(H,35,39)/t23-/m1/s1. The molecule has 1 atom stereocenters. The monoisotopic (exact) mass is 689 g/mol. The molecule has 1 aliphatic rings. The number of nitrogens with one attached hydrogen (secondary N) is 1. The van der Waals surface area contributed by atoms with Crippen LogP contribution >= 0.6 is 27.5 Å². The number of hydrogen-bond acceptors (Lipinski definition) is 5. The van der Waals surface area contributed by atoms with Crippen LogP contribution in [0.15, 0.2) is 76.1 Å². The highest BCUT2D eigenvalue weighted by Gasteiger charge is 2.34. The van der Waals surface area contributed by atoms with Gasteiger partial charge in [-0.1, -0.05) is 76.6 Å². The number of nitrogens with zero attached hydrogens (tertiary/aromatic N) is 2. The molecule has 230 valence electrons. The third-order valence-corrected chi connectivity index (χ3v) is 10.2. The number of benzene rings is 3. The van der Waals surface area contributed by atoms with E-state index < -0.39 is 28.5 Å². The Morgan fingerprint density at radius 2 is 1.67 bits per heavy atom. The van der Waals surface area contributed by atoms with E-state index in [0.717, 1.165) is 52.0 Å². The van der Waals surface area contributed by atoms with E-state index in [0.29, 0.717) is 0 Å². The molecule has 0 aromatic heterocycles. The van der Waals surface area contributed by atoms with Crippen LogP contribution in [0.5, 0.6) is 5.75 Å². The molecule has 0 saturated heterocycles. The van der Waals surface area contributed by atoms with Gasteiger partial charge in [0.25, 0.3) is 10.0 Å². The van der Waals surface area contributed by atoms with Crippen LogP contribution in [-0.2, 0) is 26.2 Å². The summed E-state index contributed by atoms with van der Waals surface area (Å²) in [5.74, 6) is -0.590. The van der Waals surface area contributed by atoms with Gasteiger partial charge in [-0.25, -0.2) is 8.42 Å². The molecule has 0 bridgehead atoms. The Bertz CT molecular complexity index is 1530. The van der Waals surface area contributed by atoms with E-state index in [1.165, 1.54) is 30.2 Å². The average Bonchev–Trinajstić information content (AvgIpc) is 2.99. The molecule has 0 radical (unpaired) electrons. The predicted octanol–water partition coefficient (Wildman–Crippen LogP) is 6.48. The lowest BCUT2D eigenvalue weighted by Gasteiger charge is -2.33. The fourth-order valence-corrected chi connectivity index (χ4v) is 6.99. The smallest absolute Gasteiger partial charge is 0.264 e. The van der Waals surface area contributed by atoms with Gasteiger partial charge < -0.3 is 15.0 Å². The molecule has 3 aromatic rings. The quantitative estimate of drug-likeness (QED) is 0.249. The maximum Gasteiger partial charge on any atom is 0.264 e. The number of ether oxygens (including phenoxy) is 1. The molecule has 1 saturated carbocycles. The van der Waals surface area contributed by atoms with E-state index >= 15 is 0 Å². The minimum atomic E-state index is -4.26. The van der Waals surface area contributed by atoms with Crippen molar-refractivity contribution in [3.05, 3.63) is 87.4 Å². The van der Waals surface area contributed by atoms with Crippen LogP contribution in [0.3, 0.4) is 0 Å². The Morgan fingerprint density at radius 1 is 1.02 bits per heavy atom. The Labute approximate surface area is 267 Å². The second kappa shape index (κ2) is 14.6. The van der Waals surface area contributed by atoms with E-state index in [9.17, 15) is 18.0 Å². The van der Waals surface area contributed by atoms with Crippen LogP contribution in [0, 0.1) is 6.92 Å². The highest BCUT2D eigenvalue weighted by atomic mass is 79.9. The number of anilines is 1. The summed E-state index contributed by atoms with van der Waals surface area (Å²) in [5.41, 5.74) is 1.80. The lowest BCUT2D eigenvalue weighted by molar-refractivity contribution is -0.139. The third-order valence-electron chi connectivity index (χ3n) is 7.68. The molecule has 0 unspecified atom stereocenters. The normalized spacial score (nSPS) is 14.5. The molecule has 0 aliphatic heterocycles. The van der Waals surface area contributed by atoms with Gasteiger partial charge in [-0.15, -0.1) is 0 Å². The molecular formula is C32H37BrClN3O5S. The molecule has 3 aromatic carbocycles. The molecule has 1 aliphatic carbocycles. The van der Waals surface area contributed by atoms with Crippen molar-refractivity contribution < 1.29 is 22.7 Å². The van der Waals surface area contributed by atoms with Crippen molar-refractivity contribution in [3.63, 3.8) is 0 Å². The van der Waals surface area contributed by atoms with Crippen molar-refractivity contribution in [3.8, 4) is 5.75 Å². The number of carbonyl (C=O) groups is 2. The maximum absolute atomic E-state index is 14.2. The van der Waals surface area contributed by atoms with E-state index in [1.807, 2.05) is 31.2 Å². The van der Waals surface area contributed by atoms with Gasteiger partial charge >= 0.3 is 0 Å². The minimum Gasteiger partial charge on any atom is -0.495 e. The third kappa shape index (κ3) is 8.31. The van der Waals surface area contributed by atoms with Crippen molar-refractivity contribution in [1.82, 2.24) is 10.2 Å². The highest BCUT2D eigenvalue weighted by molar-refractivity contribution is 9.10. The van der Waals surface area contributed by atoms with Gasteiger partial charge in [0, 0.05) is 22.1 Å². The molecule has 43 heavy (non-hydrogen) atoms. The molecule has 11 heteroatoms. The van der Waals surface area contributed by atoms with Gasteiger partial charge in [-0.3, -0.25) is 13.9 Å². The fraction of sp³-hybridized carbons (Fsp3) is 0.375. The van der Waals surface area contributed by atoms with Crippen LogP contribution in [0.25, 0.3) is 0 Å². The summed E-state index contributed by atoms with van der Waals surface area (Å²) in [6.07, 6.45) is 5.04. The van der Waals surface area contributed by atoms with Crippen molar-refractivity contribution in [2.24, 2.45) is 0 Å². The topological polar surface area (TPSA) is 96.0 Å². The summed E-state index contributed by atoms with van der Waals surface area (Å²) >= 11 is 9.74. The van der Waals surface area contributed by atoms with Crippen molar-refractivity contribution in [2.45, 2.75) is 69.5 Å². The molecule has 1 fully saturated rings. The zero-order valence-corrected chi connectivity index (χ0v) is 27.7. The van der Waals surface area contributed by atoms with Gasteiger partial charge in [0.15, 0.2) is 0 Å². The maximum atomic E-state index is 14.2. The van der Waals surface area contributed by atoms with E-state index in [1.54, 1.807) is 31.2 Å². The van der Waals surface area contributed by atoms with Crippen LogP contribution in [-0.4, -0.2) is 50.9 Å². The van der Waals surface area contributed by atoms with Gasteiger partial charge in [0.2, 0.25) is 11.8 Å². The predicted molar refractivity (Wildman–Crippen MR) is 173 cm³/mol. The first-order valence-electron chi connectivity index (χ1n) is 14.3. The summed E-state index contributed by atoms with van der Waals surface area (Å²) in [6.45, 7) is 3.06. The zero-order chi connectivity index (χ0) is 31.1. The number of rotatable bonds is 11. The largest absolute Gasteiger partial charge is 0.495 e. The van der Waals surface area contributed by atoms with Crippen molar-refractivity contribution in [2.75, 3.05) is 18.0 Å². The van der Waals surface area contributed by atoms with Crippen LogP contribution in [0.1, 0.15) is 50.2 Å². The average molecular weight is 691 g/mol. The van der Waals surface area contributed by atoms with Gasteiger partial charge in [0.1, 0.15) is 18.3 Å². The second-order valence-electron chi connectivity index (χ2n) is 10.8. The molecule has 0 spiro atoms. The Kier molecular flexibility index (Phi) is 11.1. The summed E-state index contributed by atoms with van der Waals surface area (Å²) in [5, 5.41) is 3.39. The van der Waals surface area contributed by atoms with Gasteiger partial charge in [-0.05, 0) is 74.7 Å². The zero-order valence-electron chi connectivity index (χ0n) is 24.6. The van der Waals surface area contributed by atoms with E-state index in [-0.39, 0.29) is 39.8 Å². The van der Waals surface area contributed by atoms with Gasteiger partial charge in [0.05, 0.1) is 17.7 Å². The first-order valence-corrected chi connectivity index (χ1v) is 16.9. The van der Waals surface area contributed by atoms with Crippen LogP contribution in [0.2, 0.25) is 5.02 Å².